The van der Waals surface area contributed by atoms with Crippen LogP contribution in [0, 0.1) is 0 Å². The van der Waals surface area contributed by atoms with Gasteiger partial charge < -0.3 is 15.4 Å². The van der Waals surface area contributed by atoms with E-state index in [-0.39, 0.29) is 17.9 Å². The fraction of sp³-hybridized carbons (Fsp3) is 0.467. The molecule has 0 bridgehead atoms. The molecule has 1 saturated heterocycles. The lowest BCUT2D eigenvalue weighted by atomic mass is 10.2. The summed E-state index contributed by atoms with van der Waals surface area (Å²) >= 11 is 0. The molecule has 0 spiro atoms. The van der Waals surface area contributed by atoms with E-state index in [0.717, 1.165) is 19.1 Å². The summed E-state index contributed by atoms with van der Waals surface area (Å²) in [5.74, 6) is -0.453. The second kappa shape index (κ2) is 8.11. The standard InChI is InChI=1S/C15H21N3O5S/c1-24(21,22)18-12-6-4-11(5-7-12)14(19)16-8-9-17-15(20)13-3-2-10-23-13/h4-7,13,18H,2-3,8-10H2,1H3,(H,16,19)(H,17,20). The van der Waals surface area contributed by atoms with E-state index in [1.54, 1.807) is 0 Å². The third-order valence-corrected chi connectivity index (χ3v) is 3.99. The summed E-state index contributed by atoms with van der Waals surface area (Å²) < 4.78 is 29.8. The highest BCUT2D eigenvalue weighted by Gasteiger charge is 2.22. The Morgan fingerprint density at radius 1 is 1.17 bits per heavy atom. The molecular weight excluding hydrogens is 334 g/mol. The summed E-state index contributed by atoms with van der Waals surface area (Å²) in [5, 5.41) is 5.39. The average Bonchev–Trinajstić information content (AvgIpc) is 3.04. The molecule has 1 aliphatic rings. The molecule has 1 aromatic carbocycles. The minimum Gasteiger partial charge on any atom is -0.368 e. The first-order valence-electron chi connectivity index (χ1n) is 7.60. The van der Waals surface area contributed by atoms with Crippen LogP contribution in [0.1, 0.15) is 23.2 Å². The molecule has 0 saturated carbocycles. The van der Waals surface area contributed by atoms with Crippen LogP contribution in [0.15, 0.2) is 24.3 Å². The number of ether oxygens (including phenoxy) is 1. The van der Waals surface area contributed by atoms with Crippen molar-refractivity contribution >= 4 is 27.5 Å². The van der Waals surface area contributed by atoms with Crippen molar-refractivity contribution in [2.75, 3.05) is 30.7 Å². The monoisotopic (exact) mass is 355 g/mol. The lowest BCUT2D eigenvalue weighted by molar-refractivity contribution is -0.129. The second-order valence-corrected chi connectivity index (χ2v) is 7.25. The Balaban J connectivity index is 1.73. The molecule has 2 rings (SSSR count). The largest absolute Gasteiger partial charge is 0.368 e. The number of anilines is 1. The lowest BCUT2D eigenvalue weighted by Gasteiger charge is -2.11. The second-order valence-electron chi connectivity index (χ2n) is 5.50. The molecular formula is C15H21N3O5S. The van der Waals surface area contributed by atoms with Gasteiger partial charge in [-0.2, -0.15) is 0 Å². The van der Waals surface area contributed by atoms with Crippen LogP contribution < -0.4 is 15.4 Å². The fourth-order valence-corrected chi connectivity index (χ4v) is 2.83. The highest BCUT2D eigenvalue weighted by atomic mass is 32.2. The van der Waals surface area contributed by atoms with E-state index in [9.17, 15) is 18.0 Å². The van der Waals surface area contributed by atoms with E-state index in [2.05, 4.69) is 15.4 Å². The van der Waals surface area contributed by atoms with Gasteiger partial charge in [-0.05, 0) is 37.1 Å². The molecule has 0 radical (unpaired) electrons. The highest BCUT2D eigenvalue weighted by Crippen LogP contribution is 2.12. The third-order valence-electron chi connectivity index (χ3n) is 3.38. The van der Waals surface area contributed by atoms with Crippen LogP contribution in [0.2, 0.25) is 0 Å². The summed E-state index contributed by atoms with van der Waals surface area (Å²) in [7, 11) is -3.34. The van der Waals surface area contributed by atoms with Crippen LogP contribution in [0.5, 0.6) is 0 Å². The molecule has 8 nitrogen and oxygen atoms in total. The van der Waals surface area contributed by atoms with Crippen LogP contribution in [0.25, 0.3) is 0 Å². The van der Waals surface area contributed by atoms with Gasteiger partial charge in [0, 0.05) is 30.9 Å². The van der Waals surface area contributed by atoms with Crippen molar-refractivity contribution in [3.05, 3.63) is 29.8 Å². The Labute approximate surface area is 141 Å². The van der Waals surface area contributed by atoms with Crippen molar-refractivity contribution in [2.45, 2.75) is 18.9 Å². The summed E-state index contributed by atoms with van der Waals surface area (Å²) in [5.41, 5.74) is 0.789. The van der Waals surface area contributed by atoms with Crippen molar-refractivity contribution in [3.63, 3.8) is 0 Å². The Bertz CT molecular complexity index is 682. The number of hydrogen-bond donors (Lipinski definition) is 3. The van der Waals surface area contributed by atoms with E-state index in [1.165, 1.54) is 24.3 Å². The Kier molecular flexibility index (Phi) is 6.16. The quantitative estimate of drug-likeness (QED) is 0.600. The zero-order valence-electron chi connectivity index (χ0n) is 13.4. The first-order chi connectivity index (χ1) is 11.3. The predicted molar refractivity (Wildman–Crippen MR) is 89.2 cm³/mol. The van der Waals surface area contributed by atoms with Crippen molar-refractivity contribution in [1.29, 1.82) is 0 Å². The summed E-state index contributed by atoms with van der Waals surface area (Å²) in [6.07, 6.45) is 2.29. The van der Waals surface area contributed by atoms with Gasteiger partial charge in [0.15, 0.2) is 0 Å². The molecule has 1 heterocycles. The van der Waals surface area contributed by atoms with E-state index in [1.807, 2.05) is 0 Å². The number of carbonyl (C=O) groups excluding carboxylic acids is 2. The zero-order chi connectivity index (χ0) is 17.6. The topological polar surface area (TPSA) is 114 Å². The summed E-state index contributed by atoms with van der Waals surface area (Å²) in [6, 6.07) is 6.06. The minimum atomic E-state index is -3.34. The minimum absolute atomic E-state index is 0.155. The normalized spacial score (nSPS) is 17.3. The highest BCUT2D eigenvalue weighted by molar-refractivity contribution is 7.92. The van der Waals surface area contributed by atoms with Gasteiger partial charge in [-0.1, -0.05) is 0 Å². The van der Waals surface area contributed by atoms with Crippen LogP contribution in [0.4, 0.5) is 5.69 Å². The molecule has 2 amide bonds. The predicted octanol–water partition coefficient (Wildman–Crippen LogP) is 0.0831. The van der Waals surface area contributed by atoms with Crippen LogP contribution >= 0.6 is 0 Å². The molecule has 1 aromatic rings. The molecule has 0 aromatic heterocycles. The Morgan fingerprint density at radius 2 is 1.83 bits per heavy atom. The van der Waals surface area contributed by atoms with Gasteiger partial charge in [-0.15, -0.1) is 0 Å². The third kappa shape index (κ3) is 5.82. The first-order valence-corrected chi connectivity index (χ1v) is 9.50. The maximum absolute atomic E-state index is 12.0. The number of nitrogens with one attached hydrogen (secondary N) is 3. The maximum Gasteiger partial charge on any atom is 0.251 e. The average molecular weight is 355 g/mol. The Morgan fingerprint density at radius 3 is 2.42 bits per heavy atom. The lowest BCUT2D eigenvalue weighted by Crippen LogP contribution is -2.39. The van der Waals surface area contributed by atoms with Gasteiger partial charge in [0.05, 0.1) is 6.26 Å². The van der Waals surface area contributed by atoms with Gasteiger partial charge in [-0.25, -0.2) is 8.42 Å². The fourth-order valence-electron chi connectivity index (χ4n) is 2.27. The van der Waals surface area contributed by atoms with Gasteiger partial charge in [-0.3, -0.25) is 14.3 Å². The maximum atomic E-state index is 12.0. The van der Waals surface area contributed by atoms with Crippen molar-refractivity contribution in [3.8, 4) is 0 Å². The van der Waals surface area contributed by atoms with Gasteiger partial charge >= 0.3 is 0 Å². The first kappa shape index (κ1) is 18.2. The van der Waals surface area contributed by atoms with Crippen molar-refractivity contribution in [1.82, 2.24) is 10.6 Å². The van der Waals surface area contributed by atoms with E-state index in [0.29, 0.717) is 30.9 Å². The number of benzene rings is 1. The molecule has 24 heavy (non-hydrogen) atoms. The number of carbonyl (C=O) groups is 2. The molecule has 1 aliphatic heterocycles. The molecule has 132 valence electrons. The van der Waals surface area contributed by atoms with E-state index in [4.69, 9.17) is 4.74 Å². The van der Waals surface area contributed by atoms with E-state index < -0.39 is 10.0 Å². The smallest absolute Gasteiger partial charge is 0.251 e. The van der Waals surface area contributed by atoms with Gasteiger partial charge in [0.2, 0.25) is 15.9 Å². The van der Waals surface area contributed by atoms with Crippen LogP contribution in [-0.4, -0.2) is 52.3 Å². The van der Waals surface area contributed by atoms with Crippen molar-refractivity contribution in [2.24, 2.45) is 0 Å². The SMILES string of the molecule is CS(=O)(=O)Nc1ccc(C(=O)NCCNC(=O)C2CCCO2)cc1. The molecule has 1 unspecified atom stereocenters. The van der Waals surface area contributed by atoms with Crippen LogP contribution in [0.3, 0.4) is 0 Å². The molecule has 1 atom stereocenters. The number of amides is 2. The molecule has 9 heteroatoms. The molecule has 0 aliphatic carbocycles. The Hall–Kier alpha value is -2.13. The van der Waals surface area contributed by atoms with E-state index >= 15 is 0 Å². The van der Waals surface area contributed by atoms with Gasteiger partial charge in [0.1, 0.15) is 6.10 Å². The van der Waals surface area contributed by atoms with Crippen LogP contribution in [-0.2, 0) is 19.6 Å². The summed E-state index contributed by atoms with van der Waals surface area (Å²) in [4.78, 5) is 23.7. The molecule has 1 fully saturated rings. The summed E-state index contributed by atoms with van der Waals surface area (Å²) in [6.45, 7) is 1.22. The van der Waals surface area contributed by atoms with Gasteiger partial charge in [0.25, 0.3) is 5.91 Å². The molecule has 3 N–H and O–H groups in total. The number of rotatable bonds is 7. The number of hydrogen-bond acceptors (Lipinski definition) is 5. The zero-order valence-corrected chi connectivity index (χ0v) is 14.2. The van der Waals surface area contributed by atoms with Crippen molar-refractivity contribution < 1.29 is 22.7 Å². The number of sulfonamides is 1.